The number of nitrogens with one attached hydrogen (secondary N) is 1. The van der Waals surface area contributed by atoms with Crippen molar-refractivity contribution >= 4 is 29.6 Å². The van der Waals surface area contributed by atoms with E-state index < -0.39 is 17.8 Å². The predicted octanol–water partition coefficient (Wildman–Crippen LogP) is 3.63. The van der Waals surface area contributed by atoms with E-state index in [1.807, 2.05) is 24.5 Å². The predicted molar refractivity (Wildman–Crippen MR) is 117 cm³/mol. The van der Waals surface area contributed by atoms with E-state index in [2.05, 4.69) is 5.32 Å². The second-order valence-corrected chi connectivity index (χ2v) is 7.63. The molecule has 0 spiro atoms. The van der Waals surface area contributed by atoms with Gasteiger partial charge in [0.1, 0.15) is 11.4 Å². The Bertz CT molecular complexity index is 1360. The number of ether oxygens (including phenoxy) is 2. The normalized spacial score (nSPS) is 16.5. The molecule has 2 aliphatic rings. The molecule has 0 atom stereocenters. The second-order valence-electron chi connectivity index (χ2n) is 7.63. The van der Waals surface area contributed by atoms with Crippen molar-refractivity contribution in [1.82, 2.24) is 9.88 Å². The molecular formula is C24H18FN3O5. The molecule has 3 heterocycles. The van der Waals surface area contributed by atoms with Gasteiger partial charge in [-0.3, -0.25) is 14.9 Å². The first kappa shape index (κ1) is 20.5. The first-order valence-electron chi connectivity index (χ1n) is 10.1. The molecule has 0 unspecified atom stereocenters. The Balaban J connectivity index is 1.53. The zero-order valence-corrected chi connectivity index (χ0v) is 17.7. The SMILES string of the molecule is Cc1cc(/C=C2\C(=O)NC(=O)N(c3ccc4c(c3)OCO4)C2=O)c(C)n1-c1ccc(F)cc1. The number of amides is 4. The number of carbonyl (C=O) groups is 3. The summed E-state index contributed by atoms with van der Waals surface area (Å²) in [5, 5.41) is 2.21. The first-order chi connectivity index (χ1) is 15.8. The van der Waals surface area contributed by atoms with Crippen LogP contribution < -0.4 is 19.7 Å². The number of halogens is 1. The highest BCUT2D eigenvalue weighted by Gasteiger charge is 2.37. The lowest BCUT2D eigenvalue weighted by Crippen LogP contribution is -2.54. The third kappa shape index (κ3) is 3.43. The number of imide groups is 2. The van der Waals surface area contributed by atoms with Gasteiger partial charge in [-0.25, -0.2) is 14.1 Å². The molecule has 3 aromatic rings. The molecule has 0 radical (unpaired) electrons. The minimum Gasteiger partial charge on any atom is -0.454 e. The molecule has 1 N–H and O–H groups in total. The lowest BCUT2D eigenvalue weighted by molar-refractivity contribution is -0.122. The smallest absolute Gasteiger partial charge is 0.335 e. The molecule has 8 nitrogen and oxygen atoms in total. The van der Waals surface area contributed by atoms with Gasteiger partial charge in [0.15, 0.2) is 11.5 Å². The summed E-state index contributed by atoms with van der Waals surface area (Å²) in [6.45, 7) is 3.74. The van der Waals surface area contributed by atoms with Crippen LogP contribution in [-0.4, -0.2) is 29.2 Å². The standard InChI is InChI=1S/C24H18FN3O5/c1-13-9-15(14(2)27(13)17-5-3-16(25)4-6-17)10-19-22(29)26-24(31)28(23(19)30)18-7-8-20-21(11-18)33-12-32-20/h3-11H,12H2,1-2H3,(H,26,29,31)/b19-10+. The van der Waals surface area contributed by atoms with Gasteiger partial charge in [-0.05, 0) is 68.0 Å². The highest BCUT2D eigenvalue weighted by Crippen LogP contribution is 2.36. The molecule has 0 bridgehead atoms. The monoisotopic (exact) mass is 447 g/mol. The maximum Gasteiger partial charge on any atom is 0.335 e. The van der Waals surface area contributed by atoms with E-state index in [0.717, 1.165) is 22.0 Å². The number of urea groups is 1. The van der Waals surface area contributed by atoms with Crippen LogP contribution >= 0.6 is 0 Å². The lowest BCUT2D eigenvalue weighted by Gasteiger charge is -2.26. The van der Waals surface area contributed by atoms with Gasteiger partial charge in [0, 0.05) is 23.1 Å². The van der Waals surface area contributed by atoms with Gasteiger partial charge >= 0.3 is 6.03 Å². The van der Waals surface area contributed by atoms with Crippen LogP contribution in [0.5, 0.6) is 11.5 Å². The molecule has 4 amide bonds. The highest BCUT2D eigenvalue weighted by molar-refractivity contribution is 6.39. The molecule has 166 valence electrons. The van der Waals surface area contributed by atoms with Crippen LogP contribution in [0.25, 0.3) is 11.8 Å². The van der Waals surface area contributed by atoms with Crippen LogP contribution in [0.15, 0.2) is 54.1 Å². The van der Waals surface area contributed by atoms with E-state index >= 15 is 0 Å². The van der Waals surface area contributed by atoms with Crippen molar-refractivity contribution in [2.75, 3.05) is 11.7 Å². The summed E-state index contributed by atoms with van der Waals surface area (Å²) < 4.78 is 25.8. The van der Waals surface area contributed by atoms with Crippen LogP contribution in [0.3, 0.4) is 0 Å². The van der Waals surface area contributed by atoms with Gasteiger partial charge in [-0.15, -0.1) is 0 Å². The molecule has 9 heteroatoms. The van der Waals surface area contributed by atoms with E-state index in [-0.39, 0.29) is 23.9 Å². The summed E-state index contributed by atoms with van der Waals surface area (Å²) in [4.78, 5) is 39.1. The van der Waals surface area contributed by atoms with Gasteiger partial charge in [-0.2, -0.15) is 0 Å². The molecule has 1 fully saturated rings. The summed E-state index contributed by atoms with van der Waals surface area (Å²) >= 11 is 0. The maximum absolute atomic E-state index is 13.3. The van der Waals surface area contributed by atoms with Gasteiger partial charge in [0.05, 0.1) is 5.69 Å². The Morgan fingerprint density at radius 2 is 1.64 bits per heavy atom. The quantitative estimate of drug-likeness (QED) is 0.489. The Morgan fingerprint density at radius 1 is 0.939 bits per heavy atom. The highest BCUT2D eigenvalue weighted by atomic mass is 19.1. The van der Waals surface area contributed by atoms with Crippen LogP contribution in [0.2, 0.25) is 0 Å². The fourth-order valence-corrected chi connectivity index (χ4v) is 3.99. The molecule has 0 aliphatic carbocycles. The van der Waals surface area contributed by atoms with Gasteiger partial charge < -0.3 is 14.0 Å². The van der Waals surface area contributed by atoms with Crippen molar-refractivity contribution in [2.24, 2.45) is 0 Å². The minimum absolute atomic E-state index is 0.0479. The van der Waals surface area contributed by atoms with Crippen LogP contribution in [0.4, 0.5) is 14.9 Å². The van der Waals surface area contributed by atoms with Gasteiger partial charge in [0.2, 0.25) is 6.79 Å². The molecule has 1 aromatic heterocycles. The Kier molecular flexibility index (Phi) is 4.74. The number of benzene rings is 2. The zero-order chi connectivity index (χ0) is 23.3. The van der Waals surface area contributed by atoms with E-state index in [0.29, 0.717) is 17.1 Å². The molecule has 1 saturated heterocycles. The van der Waals surface area contributed by atoms with Crippen molar-refractivity contribution in [3.63, 3.8) is 0 Å². The number of nitrogens with zero attached hydrogens (tertiary/aromatic N) is 2. The van der Waals surface area contributed by atoms with Crippen molar-refractivity contribution in [3.8, 4) is 17.2 Å². The summed E-state index contributed by atoms with van der Waals surface area (Å²) in [5.74, 6) is -0.980. The third-order valence-corrected chi connectivity index (χ3v) is 5.57. The molecule has 0 saturated carbocycles. The fraction of sp³-hybridized carbons (Fsp3) is 0.125. The van der Waals surface area contributed by atoms with E-state index in [4.69, 9.17) is 9.47 Å². The van der Waals surface area contributed by atoms with Crippen molar-refractivity contribution in [3.05, 3.63) is 76.9 Å². The number of hydrogen-bond acceptors (Lipinski definition) is 5. The molecule has 2 aromatic carbocycles. The number of aryl methyl sites for hydroxylation is 1. The van der Waals surface area contributed by atoms with E-state index in [1.165, 1.54) is 24.3 Å². The lowest BCUT2D eigenvalue weighted by atomic mass is 10.1. The number of fused-ring (bicyclic) bond motifs is 1. The first-order valence-corrected chi connectivity index (χ1v) is 10.1. The van der Waals surface area contributed by atoms with Crippen LogP contribution in [0.1, 0.15) is 17.0 Å². The Hall–Kier alpha value is -4.40. The summed E-state index contributed by atoms with van der Waals surface area (Å²) in [6.07, 6.45) is 1.45. The summed E-state index contributed by atoms with van der Waals surface area (Å²) in [5.41, 5.74) is 3.00. The maximum atomic E-state index is 13.3. The number of rotatable bonds is 3. The number of anilines is 1. The average molecular weight is 447 g/mol. The fourth-order valence-electron chi connectivity index (χ4n) is 3.99. The van der Waals surface area contributed by atoms with Gasteiger partial charge in [-0.1, -0.05) is 0 Å². The van der Waals surface area contributed by atoms with Crippen molar-refractivity contribution in [2.45, 2.75) is 13.8 Å². The number of carbonyl (C=O) groups excluding carboxylic acids is 3. The minimum atomic E-state index is -0.849. The van der Waals surface area contributed by atoms with Crippen LogP contribution in [-0.2, 0) is 9.59 Å². The Labute approximate surface area is 187 Å². The van der Waals surface area contributed by atoms with E-state index in [9.17, 15) is 18.8 Å². The topological polar surface area (TPSA) is 89.9 Å². The Morgan fingerprint density at radius 3 is 2.39 bits per heavy atom. The summed E-state index contributed by atoms with van der Waals surface area (Å²) in [7, 11) is 0. The third-order valence-electron chi connectivity index (χ3n) is 5.57. The molecule has 2 aliphatic heterocycles. The number of aromatic nitrogens is 1. The molecular weight excluding hydrogens is 429 g/mol. The second kappa shape index (κ2) is 7.63. The van der Waals surface area contributed by atoms with Crippen LogP contribution in [0, 0.1) is 19.7 Å². The van der Waals surface area contributed by atoms with E-state index in [1.54, 1.807) is 24.3 Å². The van der Waals surface area contributed by atoms with Crippen molar-refractivity contribution in [1.29, 1.82) is 0 Å². The average Bonchev–Trinajstić information content (AvgIpc) is 3.35. The molecule has 5 rings (SSSR count). The number of hydrogen-bond donors (Lipinski definition) is 1. The van der Waals surface area contributed by atoms with Gasteiger partial charge in [0.25, 0.3) is 11.8 Å². The zero-order valence-electron chi connectivity index (χ0n) is 17.7. The summed E-state index contributed by atoms with van der Waals surface area (Å²) in [6, 6.07) is 11.6. The van der Waals surface area contributed by atoms with Crippen molar-refractivity contribution < 1.29 is 28.2 Å². The number of barbiturate groups is 1. The molecule has 33 heavy (non-hydrogen) atoms. The largest absolute Gasteiger partial charge is 0.454 e.